The van der Waals surface area contributed by atoms with Crippen molar-refractivity contribution in [2.24, 2.45) is 0 Å². The first-order chi connectivity index (χ1) is 8.42. The molecule has 0 unspecified atom stereocenters. The summed E-state index contributed by atoms with van der Waals surface area (Å²) in [4.78, 5) is 3.85. The summed E-state index contributed by atoms with van der Waals surface area (Å²) in [5, 5.41) is 0. The number of rotatable bonds is 2. The Hall–Kier alpha value is -1.26. The Kier molecular flexibility index (Phi) is 10.3. The highest BCUT2D eigenvalue weighted by Gasteiger charge is 2.28. The van der Waals surface area contributed by atoms with Gasteiger partial charge in [0.05, 0.1) is 6.42 Å². The van der Waals surface area contributed by atoms with Crippen molar-refractivity contribution in [1.82, 2.24) is 4.98 Å². The van der Waals surface area contributed by atoms with Gasteiger partial charge in [0.25, 0.3) is 0 Å². The molecule has 0 radical (unpaired) electrons. The molecular formula is C13H23F3N2. The number of alkyl halides is 3. The average Bonchev–Trinajstić information content (AvgIpc) is 2.35. The quantitative estimate of drug-likeness (QED) is 0.860. The maximum atomic E-state index is 12.0. The largest absolute Gasteiger partial charge is 0.393 e. The van der Waals surface area contributed by atoms with Crippen molar-refractivity contribution in [1.29, 1.82) is 0 Å². The zero-order chi connectivity index (χ0) is 14.8. The Balaban J connectivity index is 0. The topological polar surface area (TPSA) is 38.9 Å². The zero-order valence-electron chi connectivity index (χ0n) is 11.7. The fourth-order valence-electron chi connectivity index (χ4n) is 1.11. The molecular weight excluding hydrogens is 241 g/mol. The molecule has 0 aliphatic heterocycles. The van der Waals surface area contributed by atoms with Gasteiger partial charge in [0.1, 0.15) is 5.82 Å². The van der Waals surface area contributed by atoms with E-state index in [1.54, 1.807) is 6.07 Å². The lowest BCUT2D eigenvalue weighted by atomic mass is 10.1. The highest BCUT2D eigenvalue weighted by atomic mass is 19.4. The van der Waals surface area contributed by atoms with E-state index in [0.717, 1.165) is 0 Å². The smallest absolute Gasteiger partial charge is 0.383 e. The minimum absolute atomic E-state index is 0.0262. The van der Waals surface area contributed by atoms with Gasteiger partial charge in [0, 0.05) is 11.3 Å². The summed E-state index contributed by atoms with van der Waals surface area (Å²) in [6.45, 7) is 9.87. The molecule has 0 aromatic carbocycles. The number of aryl methyl sites for hydroxylation is 1. The second-order valence-corrected chi connectivity index (χ2v) is 2.99. The van der Waals surface area contributed by atoms with E-state index in [1.165, 1.54) is 6.07 Å². The Morgan fingerprint density at radius 3 is 1.94 bits per heavy atom. The van der Waals surface area contributed by atoms with Crippen molar-refractivity contribution in [2.45, 2.75) is 53.6 Å². The number of anilines is 1. The molecule has 2 nitrogen and oxygen atoms in total. The van der Waals surface area contributed by atoms with E-state index in [0.29, 0.717) is 12.1 Å². The Labute approximate surface area is 107 Å². The van der Waals surface area contributed by atoms with E-state index in [-0.39, 0.29) is 11.4 Å². The normalized spacial score (nSPS) is 9.78. The third kappa shape index (κ3) is 7.92. The van der Waals surface area contributed by atoms with Crippen LogP contribution in [0.25, 0.3) is 0 Å². The van der Waals surface area contributed by atoms with Crippen LogP contribution in [0.4, 0.5) is 19.0 Å². The maximum absolute atomic E-state index is 12.0. The van der Waals surface area contributed by atoms with Crippen LogP contribution in [-0.4, -0.2) is 11.2 Å². The zero-order valence-corrected chi connectivity index (χ0v) is 11.7. The lowest BCUT2D eigenvalue weighted by Gasteiger charge is -2.09. The molecule has 2 N–H and O–H groups in total. The van der Waals surface area contributed by atoms with Crippen LogP contribution in [0.3, 0.4) is 0 Å². The number of nitrogens with zero attached hydrogens (tertiary/aromatic N) is 1. The molecule has 0 saturated carbocycles. The molecule has 0 amide bonds. The summed E-state index contributed by atoms with van der Waals surface area (Å²) in [5.74, 6) is -0.0262. The lowest BCUT2D eigenvalue weighted by molar-refractivity contribution is -0.127. The molecule has 0 bridgehead atoms. The second-order valence-electron chi connectivity index (χ2n) is 2.99. The maximum Gasteiger partial charge on any atom is 0.393 e. The number of aromatic nitrogens is 1. The van der Waals surface area contributed by atoms with Crippen LogP contribution in [0.5, 0.6) is 0 Å². The molecule has 1 rings (SSSR count). The van der Waals surface area contributed by atoms with Gasteiger partial charge in [-0.15, -0.1) is 0 Å². The predicted octanol–water partition coefficient (Wildman–Crippen LogP) is 4.38. The van der Waals surface area contributed by atoms with E-state index >= 15 is 0 Å². The molecule has 0 saturated heterocycles. The van der Waals surface area contributed by atoms with Crippen molar-refractivity contribution in [3.8, 4) is 0 Å². The van der Waals surface area contributed by atoms with Crippen LogP contribution < -0.4 is 5.73 Å². The van der Waals surface area contributed by atoms with Crippen LogP contribution in [0.1, 0.15) is 45.9 Å². The van der Waals surface area contributed by atoms with Crippen LogP contribution in [-0.2, 0) is 12.8 Å². The number of nitrogen functional groups attached to an aromatic ring is 1. The van der Waals surface area contributed by atoms with Crippen molar-refractivity contribution < 1.29 is 13.2 Å². The van der Waals surface area contributed by atoms with Crippen LogP contribution >= 0.6 is 0 Å². The number of hydrogen-bond acceptors (Lipinski definition) is 2. The van der Waals surface area contributed by atoms with Crippen LogP contribution in [0, 0.1) is 0 Å². The summed E-state index contributed by atoms with van der Waals surface area (Å²) in [7, 11) is 0. The van der Waals surface area contributed by atoms with Gasteiger partial charge in [-0.25, -0.2) is 4.98 Å². The summed E-state index contributed by atoms with van der Waals surface area (Å²) >= 11 is 0. The summed E-state index contributed by atoms with van der Waals surface area (Å²) < 4.78 is 36.1. The standard InChI is InChI=1S/C9H11F3N2.2C2H6/c1-2-7-4-3-6(8(13)14-7)5-9(10,11)12;2*1-2/h3-4H,2,5H2,1H3,(H2,13,14);2*1-2H3. The van der Waals surface area contributed by atoms with E-state index in [2.05, 4.69) is 4.98 Å². The van der Waals surface area contributed by atoms with E-state index < -0.39 is 12.6 Å². The average molecular weight is 264 g/mol. The van der Waals surface area contributed by atoms with Crippen molar-refractivity contribution in [3.05, 3.63) is 23.4 Å². The number of pyridine rings is 1. The van der Waals surface area contributed by atoms with Gasteiger partial charge >= 0.3 is 6.18 Å². The Bertz CT molecular complexity index is 323. The molecule has 0 aliphatic carbocycles. The second kappa shape index (κ2) is 9.74. The molecule has 18 heavy (non-hydrogen) atoms. The van der Waals surface area contributed by atoms with E-state index in [1.807, 2.05) is 34.6 Å². The Morgan fingerprint density at radius 1 is 1.11 bits per heavy atom. The first kappa shape index (κ1) is 19.1. The number of halogens is 3. The number of nitrogens with two attached hydrogens (primary N) is 1. The predicted molar refractivity (Wildman–Crippen MR) is 70.5 cm³/mol. The van der Waals surface area contributed by atoms with E-state index in [9.17, 15) is 13.2 Å². The molecule has 0 fully saturated rings. The molecule has 1 heterocycles. The highest BCUT2D eigenvalue weighted by Crippen LogP contribution is 2.23. The first-order valence-electron chi connectivity index (χ1n) is 6.23. The summed E-state index contributed by atoms with van der Waals surface area (Å²) in [6.07, 6.45) is -4.59. The van der Waals surface area contributed by atoms with Gasteiger partial charge in [-0.3, -0.25) is 0 Å². The SMILES string of the molecule is CC.CC.CCc1ccc(CC(F)(F)F)c(N)n1. The minimum Gasteiger partial charge on any atom is -0.383 e. The summed E-state index contributed by atoms with van der Waals surface area (Å²) in [6, 6.07) is 2.95. The lowest BCUT2D eigenvalue weighted by Crippen LogP contribution is -2.14. The molecule has 106 valence electrons. The third-order valence-electron chi connectivity index (χ3n) is 1.82. The fourth-order valence-corrected chi connectivity index (χ4v) is 1.11. The van der Waals surface area contributed by atoms with Crippen molar-refractivity contribution >= 4 is 5.82 Å². The molecule has 0 atom stereocenters. The van der Waals surface area contributed by atoms with Gasteiger partial charge in [-0.2, -0.15) is 13.2 Å². The number of hydrogen-bond donors (Lipinski definition) is 1. The van der Waals surface area contributed by atoms with Gasteiger partial charge < -0.3 is 5.73 Å². The molecule has 0 aliphatic rings. The van der Waals surface area contributed by atoms with Gasteiger partial charge in [0.15, 0.2) is 0 Å². The van der Waals surface area contributed by atoms with Gasteiger partial charge in [0.2, 0.25) is 0 Å². The monoisotopic (exact) mass is 264 g/mol. The van der Waals surface area contributed by atoms with Crippen molar-refractivity contribution in [2.75, 3.05) is 5.73 Å². The summed E-state index contributed by atoms with van der Waals surface area (Å²) in [5.41, 5.74) is 6.13. The Morgan fingerprint density at radius 2 is 1.61 bits per heavy atom. The fraction of sp³-hybridized carbons (Fsp3) is 0.615. The van der Waals surface area contributed by atoms with Crippen LogP contribution in [0.2, 0.25) is 0 Å². The van der Waals surface area contributed by atoms with Crippen molar-refractivity contribution in [3.63, 3.8) is 0 Å². The molecule has 0 spiro atoms. The van der Waals surface area contributed by atoms with Gasteiger partial charge in [-0.05, 0) is 12.5 Å². The van der Waals surface area contributed by atoms with Gasteiger partial charge in [-0.1, -0.05) is 40.7 Å². The van der Waals surface area contributed by atoms with Crippen LogP contribution in [0.15, 0.2) is 12.1 Å². The third-order valence-corrected chi connectivity index (χ3v) is 1.82. The highest BCUT2D eigenvalue weighted by molar-refractivity contribution is 5.40. The molecule has 1 aromatic rings. The minimum atomic E-state index is -4.23. The molecule has 1 aromatic heterocycles. The molecule has 5 heteroatoms. The first-order valence-corrected chi connectivity index (χ1v) is 6.23. The van der Waals surface area contributed by atoms with E-state index in [4.69, 9.17) is 5.73 Å².